The minimum absolute atomic E-state index is 0.0268. The van der Waals surface area contributed by atoms with Crippen LogP contribution in [-0.4, -0.2) is 35.2 Å². The van der Waals surface area contributed by atoms with Gasteiger partial charge >= 0.3 is 0 Å². The van der Waals surface area contributed by atoms with Crippen LogP contribution in [0.4, 0.5) is 11.4 Å². The topological polar surface area (TPSA) is 103 Å². The molecule has 1 aliphatic heterocycles. The minimum Gasteiger partial charge on any atom is -0.497 e. The summed E-state index contributed by atoms with van der Waals surface area (Å²) in [4.78, 5) is 12.2. The third-order valence-corrected chi connectivity index (χ3v) is 5.77. The Kier molecular flexibility index (Phi) is 5.12. The van der Waals surface area contributed by atoms with Crippen LogP contribution in [0.25, 0.3) is 0 Å². The number of benzene rings is 2. The second-order valence-electron chi connectivity index (χ2n) is 6.96. The van der Waals surface area contributed by atoms with Crippen LogP contribution < -0.4 is 24.2 Å². The molecule has 0 bridgehead atoms. The third kappa shape index (κ3) is 3.84. The van der Waals surface area contributed by atoms with E-state index in [1.807, 2.05) is 0 Å². The highest BCUT2D eigenvalue weighted by atomic mass is 32.2. The summed E-state index contributed by atoms with van der Waals surface area (Å²) in [6.07, 6.45) is 0. The highest BCUT2D eigenvalue weighted by molar-refractivity contribution is 7.92. The highest BCUT2D eigenvalue weighted by Crippen LogP contribution is 2.35. The normalized spacial score (nSPS) is 15.5. The fourth-order valence-electron chi connectivity index (χ4n) is 2.63. The number of ether oxygens (including phenoxy) is 3. The van der Waals surface area contributed by atoms with Crippen LogP contribution in [0.2, 0.25) is 0 Å². The van der Waals surface area contributed by atoms with Gasteiger partial charge in [0.05, 0.1) is 31.0 Å². The van der Waals surface area contributed by atoms with Gasteiger partial charge < -0.3 is 19.5 Å². The average Bonchev–Trinajstić information content (AvgIpc) is 2.77. The lowest BCUT2D eigenvalue weighted by Crippen LogP contribution is -2.33. The molecule has 0 unspecified atom stereocenters. The number of sulfonamides is 1. The number of nitrogens with one attached hydrogen (secondary N) is 2. The molecule has 9 heteroatoms. The molecule has 2 aromatic rings. The summed E-state index contributed by atoms with van der Waals surface area (Å²) in [5.74, 6) is 0.864. The van der Waals surface area contributed by atoms with Gasteiger partial charge in [0.1, 0.15) is 28.8 Å². The monoisotopic (exact) mass is 406 g/mol. The fourth-order valence-corrected chi connectivity index (χ4v) is 3.83. The van der Waals surface area contributed by atoms with Crippen molar-refractivity contribution >= 4 is 27.3 Å². The molecule has 1 amide bonds. The first-order chi connectivity index (χ1) is 13.2. The molecule has 0 atom stereocenters. The van der Waals surface area contributed by atoms with E-state index in [9.17, 15) is 13.2 Å². The Bertz CT molecular complexity index is 1020. The summed E-state index contributed by atoms with van der Waals surface area (Å²) in [5, 5.41) is 2.79. The minimum atomic E-state index is -3.92. The van der Waals surface area contributed by atoms with E-state index in [0.29, 0.717) is 22.9 Å². The van der Waals surface area contributed by atoms with Crippen molar-refractivity contribution in [3.05, 3.63) is 36.4 Å². The predicted octanol–water partition coefficient (Wildman–Crippen LogP) is 2.86. The van der Waals surface area contributed by atoms with Crippen molar-refractivity contribution in [2.75, 3.05) is 30.9 Å². The van der Waals surface area contributed by atoms with Gasteiger partial charge in [0, 0.05) is 12.1 Å². The molecule has 3 rings (SSSR count). The van der Waals surface area contributed by atoms with Crippen LogP contribution in [0.5, 0.6) is 17.2 Å². The van der Waals surface area contributed by atoms with Gasteiger partial charge in [-0.1, -0.05) is 0 Å². The second kappa shape index (κ2) is 7.23. The maximum Gasteiger partial charge on any atom is 0.265 e. The molecule has 0 spiro atoms. The van der Waals surface area contributed by atoms with Gasteiger partial charge in [-0.2, -0.15) is 0 Å². The molecular formula is C19H22N2O6S. The van der Waals surface area contributed by atoms with Crippen molar-refractivity contribution in [1.29, 1.82) is 0 Å². The summed E-state index contributed by atoms with van der Waals surface area (Å²) in [6.45, 7) is 3.72. The van der Waals surface area contributed by atoms with Gasteiger partial charge in [-0.05, 0) is 38.1 Å². The van der Waals surface area contributed by atoms with E-state index in [2.05, 4.69) is 10.0 Å². The Morgan fingerprint density at radius 3 is 2.54 bits per heavy atom. The van der Waals surface area contributed by atoms with Crippen molar-refractivity contribution in [2.45, 2.75) is 18.7 Å². The van der Waals surface area contributed by atoms with E-state index >= 15 is 0 Å². The summed E-state index contributed by atoms with van der Waals surface area (Å²) >= 11 is 0. The van der Waals surface area contributed by atoms with Gasteiger partial charge in [-0.15, -0.1) is 0 Å². The molecule has 0 fully saturated rings. The number of carbonyl (C=O) groups is 1. The molecule has 150 valence electrons. The zero-order valence-electron chi connectivity index (χ0n) is 16.0. The number of carbonyl (C=O) groups excluding carboxylic acids is 1. The number of fused-ring (bicyclic) bond motifs is 1. The summed E-state index contributed by atoms with van der Waals surface area (Å²) in [7, 11) is -1.06. The Hall–Kier alpha value is -2.94. The number of methoxy groups -OCH3 is 2. The van der Waals surface area contributed by atoms with Crippen LogP contribution >= 0.6 is 0 Å². The molecule has 2 N–H and O–H groups in total. The Labute approximate surface area is 163 Å². The second-order valence-corrected chi connectivity index (χ2v) is 8.61. The average molecular weight is 406 g/mol. The number of hydrogen-bond donors (Lipinski definition) is 2. The van der Waals surface area contributed by atoms with E-state index in [1.165, 1.54) is 38.5 Å². The van der Waals surface area contributed by atoms with Gasteiger partial charge in [-0.25, -0.2) is 8.42 Å². The zero-order chi connectivity index (χ0) is 20.5. The molecular weight excluding hydrogens is 384 g/mol. The molecule has 0 saturated carbocycles. The first-order valence-electron chi connectivity index (χ1n) is 8.49. The summed E-state index contributed by atoms with van der Waals surface area (Å²) < 4.78 is 44.2. The fraction of sp³-hybridized carbons (Fsp3) is 0.316. The lowest BCUT2D eigenvalue weighted by atomic mass is 9.94. The number of hydrogen-bond acceptors (Lipinski definition) is 6. The first-order valence-corrected chi connectivity index (χ1v) is 9.98. The lowest BCUT2D eigenvalue weighted by molar-refractivity contribution is -0.124. The van der Waals surface area contributed by atoms with Crippen molar-refractivity contribution in [2.24, 2.45) is 5.41 Å². The number of amides is 1. The van der Waals surface area contributed by atoms with Crippen LogP contribution in [0.15, 0.2) is 41.3 Å². The van der Waals surface area contributed by atoms with E-state index in [4.69, 9.17) is 14.2 Å². The largest absolute Gasteiger partial charge is 0.497 e. The van der Waals surface area contributed by atoms with Gasteiger partial charge in [0.25, 0.3) is 10.0 Å². The highest BCUT2D eigenvalue weighted by Gasteiger charge is 2.32. The molecule has 1 heterocycles. The maximum atomic E-state index is 12.8. The third-order valence-electron chi connectivity index (χ3n) is 4.35. The molecule has 0 aliphatic carbocycles. The predicted molar refractivity (Wildman–Crippen MR) is 105 cm³/mol. The first kappa shape index (κ1) is 19.8. The number of anilines is 2. The SMILES string of the molecule is COc1ccc(S(=O)(=O)Nc2ccc3c(c2)OCC(C)(C)C(=O)N3)c(OC)c1. The van der Waals surface area contributed by atoms with E-state index in [1.54, 1.807) is 26.0 Å². The van der Waals surface area contributed by atoms with Crippen molar-refractivity contribution in [3.8, 4) is 17.2 Å². The molecule has 0 radical (unpaired) electrons. The molecule has 0 saturated heterocycles. The summed E-state index contributed by atoms with van der Waals surface area (Å²) in [6, 6.07) is 9.11. The van der Waals surface area contributed by atoms with E-state index in [0.717, 1.165) is 0 Å². The van der Waals surface area contributed by atoms with Crippen LogP contribution in [0.3, 0.4) is 0 Å². The van der Waals surface area contributed by atoms with Crippen molar-refractivity contribution in [1.82, 2.24) is 0 Å². The standard InChI is InChI=1S/C19H22N2O6S/c1-19(2)11-27-15-9-12(5-7-14(15)20-18(19)22)21-28(23,24)17-8-6-13(25-3)10-16(17)26-4/h5-10,21H,11H2,1-4H3,(H,20,22). The van der Waals surface area contributed by atoms with Gasteiger partial charge in [0.2, 0.25) is 5.91 Å². The Morgan fingerprint density at radius 2 is 1.86 bits per heavy atom. The Morgan fingerprint density at radius 1 is 1.11 bits per heavy atom. The van der Waals surface area contributed by atoms with Gasteiger partial charge in [-0.3, -0.25) is 9.52 Å². The van der Waals surface area contributed by atoms with Crippen LogP contribution in [0.1, 0.15) is 13.8 Å². The molecule has 0 aromatic heterocycles. The lowest BCUT2D eigenvalue weighted by Gasteiger charge is -2.18. The number of rotatable bonds is 5. The van der Waals surface area contributed by atoms with Crippen LogP contribution in [-0.2, 0) is 14.8 Å². The maximum absolute atomic E-state index is 12.8. The molecule has 2 aromatic carbocycles. The van der Waals surface area contributed by atoms with Gasteiger partial charge in [0.15, 0.2) is 0 Å². The van der Waals surface area contributed by atoms with E-state index in [-0.39, 0.29) is 23.2 Å². The zero-order valence-corrected chi connectivity index (χ0v) is 16.8. The Balaban J connectivity index is 1.91. The smallest absolute Gasteiger partial charge is 0.265 e. The van der Waals surface area contributed by atoms with E-state index < -0.39 is 15.4 Å². The van der Waals surface area contributed by atoms with Crippen molar-refractivity contribution in [3.63, 3.8) is 0 Å². The quantitative estimate of drug-likeness (QED) is 0.792. The molecule has 1 aliphatic rings. The summed E-state index contributed by atoms with van der Waals surface area (Å²) in [5.41, 5.74) is 0.0842. The molecule has 8 nitrogen and oxygen atoms in total. The molecule has 28 heavy (non-hydrogen) atoms. The van der Waals surface area contributed by atoms with Crippen LogP contribution in [0, 0.1) is 5.41 Å². The van der Waals surface area contributed by atoms with Crippen molar-refractivity contribution < 1.29 is 27.4 Å².